The minimum atomic E-state index is -0.758. The van der Waals surface area contributed by atoms with Gasteiger partial charge in [-0.3, -0.25) is 9.59 Å². The summed E-state index contributed by atoms with van der Waals surface area (Å²) in [6.45, 7) is 3.33. The van der Waals surface area contributed by atoms with Crippen LogP contribution in [0.4, 0.5) is 0 Å². The average Bonchev–Trinajstić information content (AvgIpc) is 3.04. The number of carbonyl (C=O) groups excluding carboxylic acids is 1. The number of nitrogens with zero attached hydrogens (tertiary/aromatic N) is 1. The summed E-state index contributed by atoms with van der Waals surface area (Å²) in [5, 5.41) is 19.2. The third-order valence-electron chi connectivity index (χ3n) is 5.63. The number of likely N-dealkylation sites (tertiary alicyclic amines) is 1. The van der Waals surface area contributed by atoms with Gasteiger partial charge < -0.3 is 19.8 Å². The monoisotopic (exact) mass is 417 g/mol. The van der Waals surface area contributed by atoms with Gasteiger partial charge in [-0.2, -0.15) is 0 Å². The van der Waals surface area contributed by atoms with Gasteiger partial charge in [0.2, 0.25) is 5.91 Å². The van der Waals surface area contributed by atoms with Crippen LogP contribution in [-0.4, -0.2) is 52.8 Å². The largest absolute Gasteiger partial charge is 0.481 e. The molecule has 30 heavy (non-hydrogen) atoms. The summed E-state index contributed by atoms with van der Waals surface area (Å²) in [5.74, 6) is -0.220. The number of methoxy groups -OCH3 is 1. The van der Waals surface area contributed by atoms with Crippen molar-refractivity contribution in [2.75, 3.05) is 13.7 Å². The van der Waals surface area contributed by atoms with Crippen LogP contribution in [0.25, 0.3) is 0 Å². The molecule has 6 nitrogen and oxygen atoms in total. The van der Waals surface area contributed by atoms with Crippen molar-refractivity contribution in [1.82, 2.24) is 4.90 Å². The van der Waals surface area contributed by atoms with Gasteiger partial charge >= 0.3 is 5.97 Å². The van der Waals surface area contributed by atoms with Crippen LogP contribution >= 0.6 is 0 Å². The molecule has 0 unspecified atom stereocenters. The molecule has 166 valence electrons. The molecule has 0 aliphatic carbocycles. The highest BCUT2D eigenvalue weighted by Crippen LogP contribution is 2.23. The summed E-state index contributed by atoms with van der Waals surface area (Å²) in [6.07, 6.45) is 7.59. The number of carboxylic acid groups (broad SMARTS) is 1. The fraction of sp³-hybridized carbons (Fsp3) is 0.583. The van der Waals surface area contributed by atoms with Gasteiger partial charge in [0.1, 0.15) is 0 Å². The minimum Gasteiger partial charge on any atom is -0.481 e. The van der Waals surface area contributed by atoms with Crippen molar-refractivity contribution in [3.8, 4) is 0 Å². The van der Waals surface area contributed by atoms with Gasteiger partial charge in [-0.05, 0) is 36.3 Å². The van der Waals surface area contributed by atoms with E-state index in [1.807, 2.05) is 35.2 Å². The molecular formula is C24H35NO5. The van der Waals surface area contributed by atoms with E-state index in [2.05, 4.69) is 6.92 Å². The standard InChI is InChI=1S/C24H35NO5/c1-18(5-3-8-24(28)29)13-14-25-21(10-12-23(25)27)9-11-22(26)16-19-6-4-7-20(15-19)17-30-2/h4,6-7,9,11,15,18,21-22,26H,3,5,8,10,12-14,16-17H2,1-2H3,(H,28,29)/b11-9+/t18-,21+,22-/m1/s1. The number of aliphatic carboxylic acids is 1. The number of ether oxygens (including phenoxy) is 1. The number of hydrogen-bond donors (Lipinski definition) is 2. The maximum Gasteiger partial charge on any atom is 0.303 e. The first-order valence-electron chi connectivity index (χ1n) is 10.8. The highest BCUT2D eigenvalue weighted by molar-refractivity contribution is 5.79. The highest BCUT2D eigenvalue weighted by Gasteiger charge is 2.29. The first-order valence-corrected chi connectivity index (χ1v) is 10.8. The predicted molar refractivity (Wildman–Crippen MR) is 116 cm³/mol. The number of aliphatic hydroxyl groups excluding tert-OH is 1. The van der Waals surface area contributed by atoms with Gasteiger partial charge in [0.15, 0.2) is 0 Å². The number of carbonyl (C=O) groups is 2. The van der Waals surface area contributed by atoms with Gasteiger partial charge in [-0.25, -0.2) is 0 Å². The molecule has 1 aliphatic heterocycles. The molecule has 0 radical (unpaired) electrons. The quantitative estimate of drug-likeness (QED) is 0.479. The molecule has 1 saturated heterocycles. The molecule has 1 fully saturated rings. The summed E-state index contributed by atoms with van der Waals surface area (Å²) in [4.78, 5) is 24.8. The Balaban J connectivity index is 1.83. The molecule has 0 saturated carbocycles. The lowest BCUT2D eigenvalue weighted by molar-refractivity contribution is -0.137. The Morgan fingerprint density at radius 1 is 1.33 bits per heavy atom. The fourth-order valence-corrected chi connectivity index (χ4v) is 3.93. The smallest absolute Gasteiger partial charge is 0.303 e. The van der Waals surface area contributed by atoms with Crippen LogP contribution in [0.2, 0.25) is 0 Å². The molecule has 1 aromatic carbocycles. The number of amides is 1. The van der Waals surface area contributed by atoms with E-state index in [0.717, 1.165) is 30.4 Å². The summed E-state index contributed by atoms with van der Waals surface area (Å²) in [7, 11) is 1.66. The van der Waals surface area contributed by atoms with Crippen molar-refractivity contribution in [2.24, 2.45) is 5.92 Å². The lowest BCUT2D eigenvalue weighted by Crippen LogP contribution is -2.33. The molecule has 2 N–H and O–H groups in total. The van der Waals surface area contributed by atoms with Crippen LogP contribution in [-0.2, 0) is 27.4 Å². The number of hydrogen-bond acceptors (Lipinski definition) is 4. The number of aliphatic hydroxyl groups is 1. The Morgan fingerprint density at radius 2 is 2.10 bits per heavy atom. The molecule has 1 aliphatic rings. The van der Waals surface area contributed by atoms with Crippen molar-refractivity contribution < 1.29 is 24.5 Å². The average molecular weight is 418 g/mol. The number of carboxylic acids is 1. The summed E-state index contributed by atoms with van der Waals surface area (Å²) in [5.41, 5.74) is 2.13. The predicted octanol–water partition coefficient (Wildman–Crippen LogP) is 3.56. The van der Waals surface area contributed by atoms with Gasteiger partial charge in [0.25, 0.3) is 0 Å². The van der Waals surface area contributed by atoms with E-state index in [0.29, 0.717) is 38.3 Å². The zero-order valence-corrected chi connectivity index (χ0v) is 18.1. The number of rotatable bonds is 13. The van der Waals surface area contributed by atoms with Crippen molar-refractivity contribution in [3.63, 3.8) is 0 Å². The first kappa shape index (κ1) is 24.1. The molecule has 6 heteroatoms. The molecule has 0 bridgehead atoms. The van der Waals surface area contributed by atoms with Gasteiger partial charge in [-0.15, -0.1) is 0 Å². The Hall–Kier alpha value is -2.18. The Morgan fingerprint density at radius 3 is 2.83 bits per heavy atom. The maximum absolute atomic E-state index is 12.3. The Labute approximate surface area is 179 Å². The van der Waals surface area contributed by atoms with E-state index in [4.69, 9.17) is 9.84 Å². The SMILES string of the molecule is COCc1cccc(C[C@H](O)/C=C/[C@H]2CCC(=O)N2CC[C@H](C)CCCC(=O)O)c1. The third-order valence-corrected chi connectivity index (χ3v) is 5.63. The van der Waals surface area contributed by atoms with Gasteiger partial charge in [-0.1, -0.05) is 49.8 Å². The summed E-state index contributed by atoms with van der Waals surface area (Å²) < 4.78 is 5.16. The molecule has 0 aromatic heterocycles. The normalized spacial score (nSPS) is 18.8. The van der Waals surface area contributed by atoms with Crippen LogP contribution in [0.3, 0.4) is 0 Å². The topological polar surface area (TPSA) is 87.1 Å². The van der Waals surface area contributed by atoms with E-state index in [1.54, 1.807) is 13.2 Å². The molecular weight excluding hydrogens is 382 g/mol. The van der Waals surface area contributed by atoms with Crippen LogP contribution in [0, 0.1) is 5.92 Å². The van der Waals surface area contributed by atoms with Gasteiger partial charge in [0.05, 0.1) is 18.8 Å². The van der Waals surface area contributed by atoms with Gasteiger partial charge in [0, 0.05) is 32.9 Å². The highest BCUT2D eigenvalue weighted by atomic mass is 16.5. The zero-order valence-electron chi connectivity index (χ0n) is 18.1. The summed E-state index contributed by atoms with van der Waals surface area (Å²) >= 11 is 0. The molecule has 1 amide bonds. The van der Waals surface area contributed by atoms with Crippen molar-refractivity contribution in [3.05, 3.63) is 47.5 Å². The van der Waals surface area contributed by atoms with Crippen LogP contribution in [0.1, 0.15) is 56.6 Å². The fourth-order valence-electron chi connectivity index (χ4n) is 3.93. The molecule has 3 atom stereocenters. The van der Waals surface area contributed by atoms with Crippen molar-refractivity contribution in [1.29, 1.82) is 0 Å². The molecule has 0 spiro atoms. The van der Waals surface area contributed by atoms with E-state index < -0.39 is 12.1 Å². The van der Waals surface area contributed by atoms with Crippen LogP contribution in [0.5, 0.6) is 0 Å². The molecule has 1 heterocycles. The van der Waals surface area contributed by atoms with E-state index >= 15 is 0 Å². The Bertz CT molecular complexity index is 717. The lowest BCUT2D eigenvalue weighted by atomic mass is 10.00. The maximum atomic E-state index is 12.3. The van der Waals surface area contributed by atoms with Crippen molar-refractivity contribution >= 4 is 11.9 Å². The third kappa shape index (κ3) is 8.28. The Kier molecular flexibility index (Phi) is 10.0. The van der Waals surface area contributed by atoms with Crippen LogP contribution < -0.4 is 0 Å². The van der Waals surface area contributed by atoms with E-state index in [1.165, 1.54) is 0 Å². The molecule has 1 aromatic rings. The summed E-state index contributed by atoms with van der Waals surface area (Å²) in [6, 6.07) is 8.03. The second-order valence-corrected chi connectivity index (χ2v) is 8.28. The van der Waals surface area contributed by atoms with E-state index in [-0.39, 0.29) is 18.4 Å². The zero-order chi connectivity index (χ0) is 21.9. The van der Waals surface area contributed by atoms with E-state index in [9.17, 15) is 14.7 Å². The second-order valence-electron chi connectivity index (χ2n) is 8.28. The minimum absolute atomic E-state index is 0.0261. The van der Waals surface area contributed by atoms with Crippen LogP contribution in [0.15, 0.2) is 36.4 Å². The first-order chi connectivity index (χ1) is 14.4. The second kappa shape index (κ2) is 12.5. The molecule has 2 rings (SSSR count). The van der Waals surface area contributed by atoms with Crippen molar-refractivity contribution in [2.45, 2.75) is 70.6 Å². The lowest BCUT2D eigenvalue weighted by Gasteiger charge is -2.24. The number of benzene rings is 1.